The molecule has 0 aromatic rings. The molecule has 0 bridgehead atoms. The molecule has 92 valence electrons. The fourth-order valence-corrected chi connectivity index (χ4v) is 1.89. The third kappa shape index (κ3) is 4.18. The van der Waals surface area contributed by atoms with Gasteiger partial charge < -0.3 is 15.7 Å². The maximum Gasteiger partial charge on any atom is 0.305 e. The molecular weight excluding hydrogens is 208 g/mol. The van der Waals surface area contributed by atoms with Gasteiger partial charge in [0.05, 0.1) is 12.5 Å². The third-order valence-corrected chi connectivity index (χ3v) is 2.89. The summed E-state index contributed by atoms with van der Waals surface area (Å²) in [6.07, 6.45) is 3.64. The van der Waals surface area contributed by atoms with Gasteiger partial charge in [-0.2, -0.15) is 0 Å². The number of carboxylic acid groups (broad SMARTS) is 1. The van der Waals surface area contributed by atoms with Gasteiger partial charge in [-0.15, -0.1) is 0 Å². The van der Waals surface area contributed by atoms with Gasteiger partial charge in [-0.3, -0.25) is 9.59 Å². The molecule has 5 heteroatoms. The number of carbonyl (C=O) groups is 2. The summed E-state index contributed by atoms with van der Waals surface area (Å²) in [6.45, 7) is 2.75. The highest BCUT2D eigenvalue weighted by atomic mass is 16.4. The number of aliphatic carboxylic acids is 1. The zero-order valence-corrected chi connectivity index (χ0v) is 9.66. The van der Waals surface area contributed by atoms with Crippen LogP contribution in [-0.4, -0.2) is 35.6 Å². The second-order valence-corrected chi connectivity index (χ2v) is 4.21. The lowest BCUT2D eigenvalue weighted by molar-refractivity contribution is -0.137. The summed E-state index contributed by atoms with van der Waals surface area (Å²) < 4.78 is 0. The maximum absolute atomic E-state index is 11.8. The number of hydrogen-bond acceptors (Lipinski definition) is 3. The maximum atomic E-state index is 11.8. The minimum Gasteiger partial charge on any atom is -0.481 e. The fourth-order valence-electron chi connectivity index (χ4n) is 1.89. The summed E-state index contributed by atoms with van der Waals surface area (Å²) in [5.41, 5.74) is 0. The Morgan fingerprint density at radius 3 is 2.75 bits per heavy atom. The van der Waals surface area contributed by atoms with Crippen LogP contribution in [0.4, 0.5) is 0 Å². The Morgan fingerprint density at radius 2 is 2.25 bits per heavy atom. The van der Waals surface area contributed by atoms with Crippen molar-refractivity contribution in [1.29, 1.82) is 0 Å². The number of hydrogen-bond donors (Lipinski definition) is 3. The van der Waals surface area contributed by atoms with Crippen LogP contribution in [0.5, 0.6) is 0 Å². The van der Waals surface area contributed by atoms with Gasteiger partial charge in [0.2, 0.25) is 5.91 Å². The summed E-state index contributed by atoms with van der Waals surface area (Å²) in [6, 6.07) is -0.398. The number of carbonyl (C=O) groups excluding carboxylic acids is 1. The Balaban J connectivity index is 2.38. The topological polar surface area (TPSA) is 78.4 Å². The predicted molar refractivity (Wildman–Crippen MR) is 60.1 cm³/mol. The smallest absolute Gasteiger partial charge is 0.305 e. The summed E-state index contributed by atoms with van der Waals surface area (Å²) in [7, 11) is 0. The van der Waals surface area contributed by atoms with E-state index in [1.165, 1.54) is 0 Å². The molecule has 2 atom stereocenters. The molecular formula is C11H20N2O3. The monoisotopic (exact) mass is 228 g/mol. The SMILES string of the molecule is CCC(CC(=O)O)NC(=O)C1CCCCN1. The van der Waals surface area contributed by atoms with Crippen LogP contribution in [0, 0.1) is 0 Å². The molecule has 0 aromatic heterocycles. The van der Waals surface area contributed by atoms with Gasteiger partial charge in [0.15, 0.2) is 0 Å². The standard InChI is InChI=1S/C11H20N2O3/c1-2-8(7-10(14)15)13-11(16)9-5-3-4-6-12-9/h8-9,12H,2-7H2,1H3,(H,13,16)(H,14,15). The van der Waals surface area contributed by atoms with E-state index in [9.17, 15) is 9.59 Å². The quantitative estimate of drug-likeness (QED) is 0.640. The molecule has 0 aliphatic carbocycles. The lowest BCUT2D eigenvalue weighted by Crippen LogP contribution is -2.49. The highest BCUT2D eigenvalue weighted by molar-refractivity contribution is 5.82. The first-order valence-electron chi connectivity index (χ1n) is 5.89. The molecule has 1 saturated heterocycles. The lowest BCUT2D eigenvalue weighted by atomic mass is 10.0. The summed E-state index contributed by atoms with van der Waals surface area (Å²) in [5, 5.41) is 14.6. The van der Waals surface area contributed by atoms with Gasteiger partial charge in [-0.05, 0) is 25.8 Å². The predicted octanol–water partition coefficient (Wildman–Crippen LogP) is 0.498. The van der Waals surface area contributed by atoms with Crippen molar-refractivity contribution in [3.8, 4) is 0 Å². The number of amides is 1. The van der Waals surface area contributed by atoms with Crippen molar-refractivity contribution in [2.45, 2.75) is 51.1 Å². The first kappa shape index (κ1) is 13.0. The molecule has 1 aliphatic rings. The Labute approximate surface area is 95.6 Å². The van der Waals surface area contributed by atoms with Crippen LogP contribution in [0.2, 0.25) is 0 Å². The van der Waals surface area contributed by atoms with E-state index in [-0.39, 0.29) is 24.4 Å². The van der Waals surface area contributed by atoms with E-state index in [1.807, 2.05) is 6.92 Å². The van der Waals surface area contributed by atoms with Crippen molar-refractivity contribution >= 4 is 11.9 Å². The summed E-state index contributed by atoms with van der Waals surface area (Å²) >= 11 is 0. The molecule has 3 N–H and O–H groups in total. The van der Waals surface area contributed by atoms with Gasteiger partial charge in [0, 0.05) is 6.04 Å². The van der Waals surface area contributed by atoms with Crippen LogP contribution < -0.4 is 10.6 Å². The first-order valence-corrected chi connectivity index (χ1v) is 5.89. The highest BCUT2D eigenvalue weighted by Gasteiger charge is 2.23. The van der Waals surface area contributed by atoms with Crippen LogP contribution in [0.25, 0.3) is 0 Å². The number of nitrogens with one attached hydrogen (secondary N) is 2. The van der Waals surface area contributed by atoms with Crippen LogP contribution in [0.3, 0.4) is 0 Å². The Hall–Kier alpha value is -1.10. The van der Waals surface area contributed by atoms with Crippen molar-refractivity contribution in [3.63, 3.8) is 0 Å². The fraction of sp³-hybridized carbons (Fsp3) is 0.818. The Morgan fingerprint density at radius 1 is 1.50 bits per heavy atom. The van der Waals surface area contributed by atoms with Gasteiger partial charge >= 0.3 is 5.97 Å². The number of rotatable bonds is 5. The van der Waals surface area contributed by atoms with E-state index in [0.29, 0.717) is 6.42 Å². The van der Waals surface area contributed by atoms with E-state index in [1.54, 1.807) is 0 Å². The van der Waals surface area contributed by atoms with Gasteiger partial charge in [0.1, 0.15) is 0 Å². The normalized spacial score (nSPS) is 22.4. The number of piperidine rings is 1. The van der Waals surface area contributed by atoms with Crippen LogP contribution in [0.1, 0.15) is 39.0 Å². The first-order chi connectivity index (χ1) is 7.63. The molecule has 1 rings (SSSR count). The van der Waals surface area contributed by atoms with Gasteiger partial charge in [-0.25, -0.2) is 0 Å². The summed E-state index contributed by atoms with van der Waals surface area (Å²) in [5.74, 6) is -0.934. The molecule has 0 saturated carbocycles. The van der Waals surface area contributed by atoms with Gasteiger partial charge in [-0.1, -0.05) is 13.3 Å². The minimum atomic E-state index is -0.872. The molecule has 0 radical (unpaired) electrons. The van der Waals surface area contributed by atoms with Crippen molar-refractivity contribution in [3.05, 3.63) is 0 Å². The molecule has 1 aliphatic heterocycles. The van der Waals surface area contributed by atoms with E-state index in [4.69, 9.17) is 5.11 Å². The molecule has 0 spiro atoms. The minimum absolute atomic E-state index is 0.00500. The van der Waals surface area contributed by atoms with E-state index < -0.39 is 5.97 Å². The molecule has 1 amide bonds. The molecule has 2 unspecified atom stereocenters. The highest BCUT2D eigenvalue weighted by Crippen LogP contribution is 2.08. The van der Waals surface area contributed by atoms with E-state index in [0.717, 1.165) is 25.8 Å². The molecule has 1 fully saturated rings. The largest absolute Gasteiger partial charge is 0.481 e. The number of carboxylic acids is 1. The third-order valence-electron chi connectivity index (χ3n) is 2.89. The van der Waals surface area contributed by atoms with Crippen molar-refractivity contribution in [2.75, 3.05) is 6.54 Å². The van der Waals surface area contributed by atoms with Crippen LogP contribution >= 0.6 is 0 Å². The zero-order valence-electron chi connectivity index (χ0n) is 9.66. The lowest BCUT2D eigenvalue weighted by Gasteiger charge is -2.25. The van der Waals surface area contributed by atoms with Crippen LogP contribution in [-0.2, 0) is 9.59 Å². The molecule has 1 heterocycles. The van der Waals surface area contributed by atoms with Gasteiger partial charge in [0.25, 0.3) is 0 Å². The molecule has 5 nitrogen and oxygen atoms in total. The van der Waals surface area contributed by atoms with Crippen LogP contribution in [0.15, 0.2) is 0 Å². The summed E-state index contributed by atoms with van der Waals surface area (Å²) in [4.78, 5) is 22.3. The zero-order chi connectivity index (χ0) is 12.0. The Kier molecular flexibility index (Phi) is 5.25. The van der Waals surface area contributed by atoms with Crippen molar-refractivity contribution < 1.29 is 14.7 Å². The average molecular weight is 228 g/mol. The second-order valence-electron chi connectivity index (χ2n) is 4.21. The molecule has 0 aromatic carbocycles. The van der Waals surface area contributed by atoms with Crippen molar-refractivity contribution in [1.82, 2.24) is 10.6 Å². The average Bonchev–Trinajstić information content (AvgIpc) is 2.28. The van der Waals surface area contributed by atoms with E-state index >= 15 is 0 Å². The Bertz CT molecular complexity index is 250. The van der Waals surface area contributed by atoms with E-state index in [2.05, 4.69) is 10.6 Å². The second kappa shape index (κ2) is 6.48. The van der Waals surface area contributed by atoms with Crippen molar-refractivity contribution in [2.24, 2.45) is 0 Å². The molecule has 16 heavy (non-hydrogen) atoms.